The number of ether oxygens (including phenoxy) is 3. The minimum Gasteiger partial charge on any atom is -0.459 e. The minimum atomic E-state index is -0.388. The lowest BCUT2D eigenvalue weighted by molar-refractivity contribution is -0.196. The fraction of sp³-hybridized carbons (Fsp3) is 0.920. The monoisotopic (exact) mass is 424 g/mol. The Hall–Kier alpha value is -1.10. The molecule has 174 valence electrons. The van der Waals surface area contributed by atoms with Gasteiger partial charge in [-0.15, -0.1) is 0 Å². The Balaban J connectivity index is 0.000000216. The lowest BCUT2D eigenvalue weighted by Gasteiger charge is -2.37. The van der Waals surface area contributed by atoms with Crippen molar-refractivity contribution in [2.24, 2.45) is 23.2 Å². The van der Waals surface area contributed by atoms with Gasteiger partial charge in [-0.05, 0) is 83.5 Å². The molecular formula is C25H44O5. The average molecular weight is 425 g/mol. The first kappa shape index (κ1) is 25.2. The standard InChI is InChI=1S/C14H24O2.C11H20O3/c1-4-10(3)13(15)16-14(5-2)9-11-6-7-12(14)8-11;1-4-11(2,3)10(12)14-9-7-5-6-8-13-9/h10-12H,4-9H2,1-3H3;9H,4-8H2,1-3H3. The van der Waals surface area contributed by atoms with E-state index in [1.807, 2.05) is 34.6 Å². The lowest BCUT2D eigenvalue weighted by atomic mass is 9.82. The number of carbonyl (C=O) groups is 2. The zero-order chi connectivity index (χ0) is 22.4. The first-order valence-corrected chi connectivity index (χ1v) is 12.2. The average Bonchev–Trinajstić information content (AvgIpc) is 3.35. The summed E-state index contributed by atoms with van der Waals surface area (Å²) in [4.78, 5) is 23.6. The molecule has 2 saturated carbocycles. The first-order valence-electron chi connectivity index (χ1n) is 12.2. The molecule has 2 aliphatic carbocycles. The van der Waals surface area contributed by atoms with Crippen molar-refractivity contribution in [3.63, 3.8) is 0 Å². The second-order valence-corrected chi connectivity index (χ2v) is 10.2. The van der Waals surface area contributed by atoms with Crippen molar-refractivity contribution in [3.05, 3.63) is 0 Å². The molecule has 0 aromatic heterocycles. The van der Waals surface area contributed by atoms with Crippen LogP contribution in [0.4, 0.5) is 0 Å². The van der Waals surface area contributed by atoms with Crippen LogP contribution in [0.5, 0.6) is 0 Å². The number of hydrogen-bond acceptors (Lipinski definition) is 5. The highest BCUT2D eigenvalue weighted by Crippen LogP contribution is 2.54. The predicted octanol–water partition coefficient (Wildman–Crippen LogP) is 6.04. The fourth-order valence-electron chi connectivity index (χ4n) is 4.72. The summed E-state index contributed by atoms with van der Waals surface area (Å²) in [5.74, 6) is 1.41. The van der Waals surface area contributed by atoms with Gasteiger partial charge in [0.05, 0.1) is 17.9 Å². The first-order chi connectivity index (χ1) is 14.2. The Morgan fingerprint density at radius 1 is 1.13 bits per heavy atom. The largest absolute Gasteiger partial charge is 0.459 e. The van der Waals surface area contributed by atoms with Gasteiger partial charge >= 0.3 is 11.9 Å². The van der Waals surface area contributed by atoms with Crippen molar-refractivity contribution < 1.29 is 23.8 Å². The molecule has 3 rings (SSSR count). The summed E-state index contributed by atoms with van der Waals surface area (Å²) in [7, 11) is 0. The minimum absolute atomic E-state index is 0.0249. The Kier molecular flexibility index (Phi) is 9.20. The van der Waals surface area contributed by atoms with E-state index in [9.17, 15) is 9.59 Å². The van der Waals surface area contributed by atoms with Crippen LogP contribution in [0.25, 0.3) is 0 Å². The molecule has 0 radical (unpaired) electrons. The molecule has 0 aromatic carbocycles. The smallest absolute Gasteiger partial charge is 0.313 e. The normalized spacial score (nSPS) is 31.5. The van der Waals surface area contributed by atoms with Crippen LogP contribution in [0.1, 0.15) is 106 Å². The van der Waals surface area contributed by atoms with E-state index in [2.05, 4.69) is 6.92 Å². The van der Waals surface area contributed by atoms with Crippen LogP contribution in [0.3, 0.4) is 0 Å². The molecule has 0 amide bonds. The van der Waals surface area contributed by atoms with Crippen LogP contribution in [-0.4, -0.2) is 30.4 Å². The molecule has 2 bridgehead atoms. The van der Waals surface area contributed by atoms with Gasteiger partial charge in [0.15, 0.2) is 0 Å². The van der Waals surface area contributed by atoms with E-state index in [-0.39, 0.29) is 35.2 Å². The number of carbonyl (C=O) groups excluding carboxylic acids is 2. The van der Waals surface area contributed by atoms with Gasteiger partial charge in [-0.2, -0.15) is 0 Å². The summed E-state index contributed by atoms with van der Waals surface area (Å²) in [6.45, 7) is 12.7. The Bertz CT molecular complexity index is 566. The van der Waals surface area contributed by atoms with Gasteiger partial charge < -0.3 is 14.2 Å². The van der Waals surface area contributed by atoms with E-state index < -0.39 is 0 Å². The molecule has 1 aliphatic heterocycles. The molecule has 1 saturated heterocycles. The third kappa shape index (κ3) is 6.21. The van der Waals surface area contributed by atoms with Gasteiger partial charge in [-0.25, -0.2) is 0 Å². The van der Waals surface area contributed by atoms with Crippen molar-refractivity contribution in [1.29, 1.82) is 0 Å². The maximum absolute atomic E-state index is 11.9. The number of rotatable bonds is 7. The molecule has 3 aliphatic rings. The molecule has 1 heterocycles. The highest BCUT2D eigenvalue weighted by atomic mass is 16.7. The Morgan fingerprint density at radius 3 is 2.33 bits per heavy atom. The second-order valence-electron chi connectivity index (χ2n) is 10.2. The highest BCUT2D eigenvalue weighted by molar-refractivity contribution is 5.75. The summed E-state index contributed by atoms with van der Waals surface area (Å²) in [5.41, 5.74) is -0.482. The van der Waals surface area contributed by atoms with Gasteiger partial charge in [0.25, 0.3) is 0 Å². The van der Waals surface area contributed by atoms with E-state index in [0.717, 1.165) is 50.9 Å². The fourth-order valence-corrected chi connectivity index (χ4v) is 4.72. The molecular weight excluding hydrogens is 380 g/mol. The SMILES string of the molecule is CCC(C)(C)C(=O)OC1CCCCO1.CCC(C)C(=O)OC1(CC)CC2CCC1C2. The van der Waals surface area contributed by atoms with Crippen molar-refractivity contribution >= 4 is 11.9 Å². The number of hydrogen-bond donors (Lipinski definition) is 0. The molecule has 0 spiro atoms. The van der Waals surface area contributed by atoms with Crippen molar-refractivity contribution in [2.45, 2.75) is 118 Å². The van der Waals surface area contributed by atoms with E-state index in [1.165, 1.54) is 19.3 Å². The maximum Gasteiger partial charge on any atom is 0.313 e. The Morgan fingerprint density at radius 2 is 1.87 bits per heavy atom. The predicted molar refractivity (Wildman–Crippen MR) is 118 cm³/mol. The molecule has 0 N–H and O–H groups in total. The molecule has 5 heteroatoms. The van der Waals surface area contributed by atoms with Crippen LogP contribution in [0, 0.1) is 23.2 Å². The van der Waals surface area contributed by atoms with Crippen LogP contribution in [-0.2, 0) is 23.8 Å². The maximum atomic E-state index is 11.9. The molecule has 5 nitrogen and oxygen atoms in total. The van der Waals surface area contributed by atoms with E-state index in [4.69, 9.17) is 14.2 Å². The van der Waals surface area contributed by atoms with Gasteiger partial charge in [-0.3, -0.25) is 9.59 Å². The quantitative estimate of drug-likeness (QED) is 0.466. The van der Waals surface area contributed by atoms with Gasteiger partial charge in [0.1, 0.15) is 5.60 Å². The number of fused-ring (bicyclic) bond motifs is 2. The third-order valence-corrected chi connectivity index (χ3v) is 7.65. The van der Waals surface area contributed by atoms with Crippen LogP contribution >= 0.6 is 0 Å². The zero-order valence-electron chi connectivity index (χ0n) is 20.1. The molecule has 30 heavy (non-hydrogen) atoms. The summed E-state index contributed by atoms with van der Waals surface area (Å²) in [6.07, 6.45) is 10.4. The number of esters is 2. The van der Waals surface area contributed by atoms with E-state index >= 15 is 0 Å². The molecule has 0 aromatic rings. The van der Waals surface area contributed by atoms with Crippen molar-refractivity contribution in [1.82, 2.24) is 0 Å². The van der Waals surface area contributed by atoms with E-state index in [0.29, 0.717) is 12.5 Å². The van der Waals surface area contributed by atoms with Crippen LogP contribution in [0.15, 0.2) is 0 Å². The molecule has 5 unspecified atom stereocenters. The van der Waals surface area contributed by atoms with Crippen LogP contribution in [0.2, 0.25) is 0 Å². The van der Waals surface area contributed by atoms with Gasteiger partial charge in [-0.1, -0.05) is 27.7 Å². The Labute approximate surface area is 183 Å². The van der Waals surface area contributed by atoms with E-state index in [1.54, 1.807) is 0 Å². The van der Waals surface area contributed by atoms with Crippen LogP contribution < -0.4 is 0 Å². The van der Waals surface area contributed by atoms with Crippen molar-refractivity contribution in [2.75, 3.05) is 6.61 Å². The van der Waals surface area contributed by atoms with Crippen molar-refractivity contribution in [3.8, 4) is 0 Å². The summed E-state index contributed by atoms with van der Waals surface area (Å²) >= 11 is 0. The third-order valence-electron chi connectivity index (χ3n) is 7.65. The zero-order valence-corrected chi connectivity index (χ0v) is 20.1. The lowest BCUT2D eigenvalue weighted by Crippen LogP contribution is -2.41. The van der Waals surface area contributed by atoms with Gasteiger partial charge in [0, 0.05) is 6.42 Å². The molecule has 5 atom stereocenters. The summed E-state index contributed by atoms with van der Waals surface area (Å²) in [5, 5.41) is 0. The molecule has 3 fully saturated rings. The topological polar surface area (TPSA) is 61.8 Å². The second kappa shape index (κ2) is 11.0. The highest BCUT2D eigenvalue weighted by Gasteiger charge is 2.52. The van der Waals surface area contributed by atoms with Gasteiger partial charge in [0.2, 0.25) is 6.29 Å². The summed E-state index contributed by atoms with van der Waals surface area (Å²) < 4.78 is 16.5. The summed E-state index contributed by atoms with van der Waals surface area (Å²) in [6, 6.07) is 0.